The molecule has 12 nitrogen and oxygen atoms in total. The number of rotatable bonds is 5. The molecule has 4 aromatic rings. The van der Waals surface area contributed by atoms with Gasteiger partial charge in [-0.1, -0.05) is 18.9 Å². The highest BCUT2D eigenvalue weighted by atomic mass is 19.1. The molecule has 2 aromatic carbocycles. The summed E-state index contributed by atoms with van der Waals surface area (Å²) in [7, 11) is 0. The van der Waals surface area contributed by atoms with E-state index in [9.17, 15) is 18.9 Å². The monoisotopic (exact) mass is 798 g/mol. The minimum atomic E-state index is -0.892. The number of benzene rings is 2. The third-order valence-corrected chi connectivity index (χ3v) is 7.23. The molecule has 0 radical (unpaired) electrons. The van der Waals surface area contributed by atoms with Gasteiger partial charge in [0.15, 0.2) is 0 Å². The molecule has 2 aliphatic rings. The van der Waals surface area contributed by atoms with Gasteiger partial charge >= 0.3 is 5.69 Å². The maximum atomic E-state index is 13.6. The molecule has 0 fully saturated rings. The Morgan fingerprint density at radius 2 is 1.05 bits per heavy atom. The number of nitrogens with zero attached hydrogens (tertiary/aromatic N) is 5. The summed E-state index contributed by atoms with van der Waals surface area (Å²) in [5.41, 5.74) is 55.3. The summed E-state index contributed by atoms with van der Waals surface area (Å²) >= 11 is 0. The van der Waals surface area contributed by atoms with Crippen LogP contribution in [0.3, 0.4) is 0 Å². The number of imidazole rings is 2. The van der Waals surface area contributed by atoms with Crippen LogP contribution in [0.2, 0.25) is 0 Å². The van der Waals surface area contributed by atoms with Crippen molar-refractivity contribution in [3.05, 3.63) is 205 Å². The van der Waals surface area contributed by atoms with Gasteiger partial charge in [0, 0.05) is 36.3 Å². The van der Waals surface area contributed by atoms with E-state index < -0.39 is 22.2 Å². The number of nitro groups is 1. The standard InChI is InChI=1S/C21H4.C12H11FN4O3.C12H13FN4O.CH4/c1-3-5-7-9-11-13-15-17-19-21-20-18-16-14-12-10-8-6-4-2;13-9-3-12-11(4-10(9)17(18)19)16(1-2-20-12)6-8-5-14-7-15-8;13-9-3-12-11(4-10(9)14)17(1-2-18-12)6-8-5-15-7-16-8;/h1-2H2;3-5,7H,1-2,6H2,(H,14,15);3-5,7H,1-2,6,14H2,(H,15,16);1H4. The van der Waals surface area contributed by atoms with Crippen LogP contribution in [-0.2, 0) is 13.1 Å². The molecule has 4 heterocycles. The summed E-state index contributed by atoms with van der Waals surface area (Å²) in [5.74, 6) is -0.486. The lowest BCUT2D eigenvalue weighted by Gasteiger charge is -2.31. The van der Waals surface area contributed by atoms with Gasteiger partial charge in [0.1, 0.15) is 30.5 Å². The van der Waals surface area contributed by atoms with Crippen LogP contribution < -0.4 is 25.0 Å². The highest BCUT2D eigenvalue weighted by molar-refractivity contribution is 5.67. The van der Waals surface area contributed by atoms with Crippen LogP contribution in [0.25, 0.3) is 0 Å². The van der Waals surface area contributed by atoms with E-state index >= 15 is 0 Å². The fraction of sp³-hybridized carbons (Fsp3) is 0.152. The van der Waals surface area contributed by atoms with Crippen LogP contribution in [0.4, 0.5) is 31.5 Å². The van der Waals surface area contributed by atoms with Crippen molar-refractivity contribution in [1.29, 1.82) is 0 Å². The first-order chi connectivity index (χ1) is 28.8. The van der Waals surface area contributed by atoms with Crippen molar-refractivity contribution in [3.8, 4) is 11.5 Å². The number of nitrogens with two attached hydrogens (primary N) is 1. The fourth-order valence-corrected chi connectivity index (χ4v) is 4.77. The molecule has 4 N–H and O–H groups in total. The third kappa shape index (κ3) is 14.7. The summed E-state index contributed by atoms with van der Waals surface area (Å²) in [6, 6.07) is 5.22. The van der Waals surface area contributed by atoms with Gasteiger partial charge in [0.25, 0.3) is 0 Å². The average Bonchev–Trinajstić information content (AvgIpc) is 3.95. The van der Waals surface area contributed by atoms with Crippen LogP contribution in [0.1, 0.15) is 18.8 Å². The normalized spacial score (nSPS) is 10.2. The zero-order chi connectivity index (χ0) is 42.1. The molecule has 60 heavy (non-hydrogen) atoms. The van der Waals surface area contributed by atoms with Crippen LogP contribution in [0.15, 0.2) is 171 Å². The van der Waals surface area contributed by atoms with Gasteiger partial charge in [-0.3, -0.25) is 10.1 Å². The molecular weight excluding hydrogens is 767 g/mol. The number of anilines is 3. The quantitative estimate of drug-likeness (QED) is 0.0796. The number of nitro benzene ring substituents is 1. The Kier molecular flexibility index (Phi) is 18.7. The molecule has 2 aromatic heterocycles. The van der Waals surface area contributed by atoms with Crippen molar-refractivity contribution < 1.29 is 23.2 Å². The van der Waals surface area contributed by atoms with Crippen LogP contribution >= 0.6 is 0 Å². The van der Waals surface area contributed by atoms with Crippen molar-refractivity contribution in [2.45, 2.75) is 20.5 Å². The lowest BCUT2D eigenvalue weighted by Crippen LogP contribution is -2.32. The lowest BCUT2D eigenvalue weighted by molar-refractivity contribution is -0.387. The lowest BCUT2D eigenvalue weighted by atomic mass is 10.2. The van der Waals surface area contributed by atoms with Gasteiger partial charge in [-0.05, 0) is 111 Å². The molecule has 0 unspecified atom stereocenters. The molecule has 0 saturated heterocycles. The molecular formula is C46H32F2N8O4. The second kappa shape index (κ2) is 25.0. The number of aromatic nitrogens is 4. The number of nitrogens with one attached hydrogen (secondary N) is 2. The highest BCUT2D eigenvalue weighted by Gasteiger charge is 2.26. The topological polar surface area (TPSA) is 151 Å². The average molecular weight is 799 g/mol. The van der Waals surface area contributed by atoms with Gasteiger partial charge in [0.2, 0.25) is 5.82 Å². The van der Waals surface area contributed by atoms with E-state index in [0.29, 0.717) is 50.0 Å². The van der Waals surface area contributed by atoms with E-state index in [1.165, 1.54) is 12.1 Å². The first-order valence-electron chi connectivity index (χ1n) is 16.9. The molecule has 2 aliphatic heterocycles. The van der Waals surface area contributed by atoms with Crippen molar-refractivity contribution in [2.75, 3.05) is 41.8 Å². The zero-order valence-electron chi connectivity index (χ0n) is 31.0. The molecule has 0 atom stereocenters. The number of H-pyrrole nitrogens is 2. The van der Waals surface area contributed by atoms with Crippen molar-refractivity contribution >= 4 is 22.7 Å². The molecule has 14 heteroatoms. The summed E-state index contributed by atoms with van der Waals surface area (Å²) in [4.78, 5) is 28.0. The van der Waals surface area contributed by atoms with E-state index in [1.807, 2.05) is 4.90 Å². The Labute approximate surface area is 343 Å². The van der Waals surface area contributed by atoms with Crippen molar-refractivity contribution in [1.82, 2.24) is 19.9 Å². The van der Waals surface area contributed by atoms with E-state index in [1.54, 1.807) is 31.1 Å². The predicted octanol–water partition coefficient (Wildman–Crippen LogP) is 7.77. The number of ether oxygens (including phenoxy) is 2. The molecule has 0 bridgehead atoms. The SMILES string of the molecule is C.C=C=C=C=C=C=C=C=C=C=C=C=C=C=C=C=C=C=C=C=C.Nc1cc2c(cc1F)OCCN2Cc1cnc[nH]1.O=[N+]([O-])c1cc2c(cc1F)OCCN2Cc1cnc[nH]1. The highest BCUT2D eigenvalue weighted by Crippen LogP contribution is 2.38. The first-order valence-corrected chi connectivity index (χ1v) is 16.9. The smallest absolute Gasteiger partial charge is 0.307 e. The summed E-state index contributed by atoms with van der Waals surface area (Å²) in [6.45, 7) is 9.99. The molecule has 6 rings (SSSR count). The Morgan fingerprint density at radius 1 is 0.667 bits per heavy atom. The number of halogens is 2. The molecule has 0 amide bonds. The van der Waals surface area contributed by atoms with Crippen LogP contribution in [-0.4, -0.2) is 51.2 Å². The summed E-state index contributed by atoms with van der Waals surface area (Å²) in [5, 5.41) is 10.8. The number of hydrogen-bond acceptors (Lipinski definition) is 9. The van der Waals surface area contributed by atoms with E-state index in [4.69, 9.17) is 15.2 Å². The second-order valence-electron chi connectivity index (χ2n) is 11.0. The number of aromatic amines is 2. The molecule has 0 aliphatic carbocycles. The fourth-order valence-electron chi connectivity index (χ4n) is 4.77. The van der Waals surface area contributed by atoms with Gasteiger partial charge in [-0.15, -0.1) is 0 Å². The minimum Gasteiger partial charge on any atom is -0.489 e. The number of nitrogen functional groups attached to an aromatic ring is 1. The molecule has 294 valence electrons. The van der Waals surface area contributed by atoms with Gasteiger partial charge < -0.3 is 35.0 Å². The van der Waals surface area contributed by atoms with Gasteiger partial charge in [-0.25, -0.2) is 14.4 Å². The van der Waals surface area contributed by atoms with E-state index in [-0.39, 0.29) is 13.1 Å². The Bertz CT molecular complexity index is 2850. The molecule has 0 saturated carbocycles. The van der Waals surface area contributed by atoms with E-state index in [0.717, 1.165) is 29.7 Å². The van der Waals surface area contributed by atoms with E-state index in [2.05, 4.69) is 147 Å². The van der Waals surface area contributed by atoms with Crippen molar-refractivity contribution in [2.24, 2.45) is 0 Å². The van der Waals surface area contributed by atoms with Crippen molar-refractivity contribution in [3.63, 3.8) is 0 Å². The Morgan fingerprint density at radius 3 is 1.42 bits per heavy atom. The zero-order valence-corrected chi connectivity index (χ0v) is 31.0. The number of fused-ring (bicyclic) bond motifs is 2. The minimum absolute atomic E-state index is 0. The largest absolute Gasteiger partial charge is 0.489 e. The van der Waals surface area contributed by atoms with Crippen LogP contribution in [0.5, 0.6) is 11.5 Å². The predicted molar refractivity (Wildman–Crippen MR) is 219 cm³/mol. The summed E-state index contributed by atoms with van der Waals surface area (Å²) < 4.78 is 37.8. The maximum absolute atomic E-state index is 13.6. The van der Waals surface area contributed by atoms with Gasteiger partial charge in [0.05, 0.1) is 72.2 Å². The van der Waals surface area contributed by atoms with Crippen LogP contribution in [0, 0.1) is 21.7 Å². The Balaban J connectivity index is 0.000000239. The van der Waals surface area contributed by atoms with Gasteiger partial charge in [-0.2, -0.15) is 4.39 Å². The second-order valence-corrected chi connectivity index (χ2v) is 11.0. The number of hydrogen-bond donors (Lipinski definition) is 3. The summed E-state index contributed by atoms with van der Waals surface area (Å²) in [6.07, 6.45) is 6.63. The Hall–Kier alpha value is -9.32. The first kappa shape index (κ1) is 45.1. The molecule has 0 spiro atoms. The third-order valence-electron chi connectivity index (χ3n) is 7.23. The maximum Gasteiger partial charge on any atom is 0.307 e.